The van der Waals surface area contributed by atoms with E-state index in [1.165, 1.54) is 49.3 Å². The molecule has 5 rings (SSSR count). The Balaban J connectivity index is 1.72. The van der Waals surface area contributed by atoms with E-state index in [-0.39, 0.29) is 5.41 Å². The van der Waals surface area contributed by atoms with Crippen LogP contribution in [0.5, 0.6) is 0 Å². The van der Waals surface area contributed by atoms with Crippen LogP contribution in [-0.4, -0.2) is 29.7 Å². The van der Waals surface area contributed by atoms with E-state index in [0.29, 0.717) is 6.04 Å². The van der Waals surface area contributed by atoms with Crippen molar-refractivity contribution >= 4 is 11.4 Å². The largest absolute Gasteiger partial charge is 0.295 e. The molecule has 1 aromatic carbocycles. The Morgan fingerprint density at radius 3 is 3.15 bits per heavy atom. The summed E-state index contributed by atoms with van der Waals surface area (Å²) in [5.41, 5.74) is 6.17. The van der Waals surface area contributed by atoms with E-state index in [1.807, 2.05) is 0 Å². The summed E-state index contributed by atoms with van der Waals surface area (Å²) in [5, 5.41) is 0. The molecular weight excluding hydrogens is 244 g/mol. The minimum absolute atomic E-state index is 0.270. The van der Waals surface area contributed by atoms with Crippen LogP contribution in [0.15, 0.2) is 40.9 Å². The Hall–Kier alpha value is -1.41. The molecule has 3 aliphatic heterocycles. The van der Waals surface area contributed by atoms with Gasteiger partial charge in [0.25, 0.3) is 0 Å². The molecule has 2 heteroatoms. The zero-order chi connectivity index (χ0) is 13.3. The van der Waals surface area contributed by atoms with Crippen LogP contribution in [0.2, 0.25) is 0 Å². The first kappa shape index (κ1) is 11.3. The molecule has 0 aromatic heterocycles. The molecule has 4 aliphatic rings. The molecule has 1 saturated carbocycles. The van der Waals surface area contributed by atoms with E-state index in [9.17, 15) is 0 Å². The Morgan fingerprint density at radius 1 is 1.35 bits per heavy atom. The highest BCUT2D eigenvalue weighted by atomic mass is 15.2. The maximum Gasteiger partial charge on any atom is 0.0671 e. The molecule has 2 saturated heterocycles. The van der Waals surface area contributed by atoms with Crippen molar-refractivity contribution in [1.29, 1.82) is 0 Å². The second-order valence-corrected chi connectivity index (χ2v) is 6.78. The Labute approximate surface area is 120 Å². The monoisotopic (exact) mass is 264 g/mol. The van der Waals surface area contributed by atoms with Gasteiger partial charge in [0.05, 0.1) is 11.1 Å². The third kappa shape index (κ3) is 1.14. The molecule has 1 aromatic rings. The summed E-state index contributed by atoms with van der Waals surface area (Å²) in [6, 6.07) is 9.57. The minimum atomic E-state index is 0.270. The van der Waals surface area contributed by atoms with Crippen LogP contribution in [0.4, 0.5) is 5.69 Å². The summed E-state index contributed by atoms with van der Waals surface area (Å²) in [5.74, 6) is 0.750. The number of nitrogens with zero attached hydrogens (tertiary/aromatic N) is 2. The number of rotatable bonds is 0. The summed E-state index contributed by atoms with van der Waals surface area (Å²) in [6.07, 6.45) is 6.16. The van der Waals surface area contributed by atoms with E-state index >= 15 is 0 Å². The van der Waals surface area contributed by atoms with E-state index in [1.54, 1.807) is 5.57 Å². The number of benzene rings is 1. The fraction of sp³-hybridized carbons (Fsp3) is 0.500. The number of hydrogen-bond acceptors (Lipinski definition) is 2. The molecule has 20 heavy (non-hydrogen) atoms. The molecule has 3 fully saturated rings. The highest BCUT2D eigenvalue weighted by Crippen LogP contribution is 2.57. The van der Waals surface area contributed by atoms with Gasteiger partial charge in [-0.15, -0.1) is 0 Å². The van der Waals surface area contributed by atoms with Crippen molar-refractivity contribution in [3.8, 4) is 0 Å². The lowest BCUT2D eigenvalue weighted by Crippen LogP contribution is -2.55. The predicted molar refractivity (Wildman–Crippen MR) is 81.7 cm³/mol. The molecule has 3 heterocycles. The van der Waals surface area contributed by atoms with Gasteiger partial charge in [0, 0.05) is 24.8 Å². The van der Waals surface area contributed by atoms with Crippen LogP contribution in [0.25, 0.3) is 0 Å². The smallest absolute Gasteiger partial charge is 0.0671 e. The van der Waals surface area contributed by atoms with Gasteiger partial charge >= 0.3 is 0 Å². The van der Waals surface area contributed by atoms with Crippen LogP contribution in [0.1, 0.15) is 31.7 Å². The van der Waals surface area contributed by atoms with Crippen molar-refractivity contribution < 1.29 is 0 Å². The van der Waals surface area contributed by atoms with Crippen molar-refractivity contribution in [1.82, 2.24) is 4.90 Å². The van der Waals surface area contributed by atoms with Gasteiger partial charge in [0.15, 0.2) is 0 Å². The van der Waals surface area contributed by atoms with Crippen molar-refractivity contribution in [2.75, 3.05) is 13.1 Å². The minimum Gasteiger partial charge on any atom is -0.295 e. The van der Waals surface area contributed by atoms with Gasteiger partial charge in [0.1, 0.15) is 0 Å². The van der Waals surface area contributed by atoms with Gasteiger partial charge in [0.2, 0.25) is 0 Å². The normalized spacial score (nSPS) is 39.6. The number of fused-ring (bicyclic) bond motifs is 2. The quantitative estimate of drug-likeness (QED) is 0.655. The van der Waals surface area contributed by atoms with Gasteiger partial charge in [-0.05, 0) is 43.7 Å². The lowest BCUT2D eigenvalue weighted by Gasteiger charge is -2.48. The SMILES string of the molecule is C/C=C1\CN2CCC34C(=Nc5ccccc53)C[C@H]1C[C@H]24. The molecule has 3 atom stereocenters. The number of hydrogen-bond donors (Lipinski definition) is 0. The zero-order valence-electron chi connectivity index (χ0n) is 12.0. The highest BCUT2D eigenvalue weighted by Gasteiger charge is 2.59. The maximum absolute atomic E-state index is 5.06. The van der Waals surface area contributed by atoms with Crippen LogP contribution >= 0.6 is 0 Å². The molecule has 2 bridgehead atoms. The first-order valence-corrected chi connectivity index (χ1v) is 7.89. The van der Waals surface area contributed by atoms with Crippen molar-refractivity contribution in [3.05, 3.63) is 41.5 Å². The van der Waals surface area contributed by atoms with Crippen molar-refractivity contribution in [2.45, 2.75) is 37.6 Å². The Kier molecular flexibility index (Phi) is 2.04. The molecule has 0 N–H and O–H groups in total. The standard InChI is InChI=1S/C18H20N2/c1-2-12-11-20-8-7-18-14-5-3-4-6-15(14)19-16(18)9-13(12)10-17(18)20/h2-6,13,17H,7-11H2,1H3/b12-2+/t13-,17-,18?/m0/s1. The van der Waals surface area contributed by atoms with Crippen LogP contribution < -0.4 is 0 Å². The summed E-state index contributed by atoms with van der Waals surface area (Å²) >= 11 is 0. The molecule has 2 nitrogen and oxygen atoms in total. The van der Waals surface area contributed by atoms with Gasteiger partial charge in [-0.25, -0.2) is 0 Å². The lowest BCUT2D eigenvalue weighted by atomic mass is 9.61. The second kappa shape index (κ2) is 3.62. The molecule has 1 unspecified atom stereocenters. The summed E-state index contributed by atoms with van der Waals surface area (Å²) in [7, 11) is 0. The fourth-order valence-electron chi connectivity index (χ4n) is 5.28. The number of piperidine rings is 1. The number of allylic oxidation sites excluding steroid dienone is 1. The molecular formula is C18H20N2. The molecule has 1 aliphatic carbocycles. The van der Waals surface area contributed by atoms with E-state index in [0.717, 1.165) is 5.92 Å². The third-order valence-corrected chi connectivity index (χ3v) is 6.19. The second-order valence-electron chi connectivity index (χ2n) is 6.78. The van der Waals surface area contributed by atoms with E-state index in [2.05, 4.69) is 42.2 Å². The topological polar surface area (TPSA) is 15.6 Å². The van der Waals surface area contributed by atoms with Crippen molar-refractivity contribution in [3.63, 3.8) is 0 Å². The molecule has 0 radical (unpaired) electrons. The first-order valence-electron chi connectivity index (χ1n) is 7.89. The van der Waals surface area contributed by atoms with Gasteiger partial charge < -0.3 is 0 Å². The first-order chi connectivity index (χ1) is 9.83. The number of para-hydroxylation sites is 1. The van der Waals surface area contributed by atoms with Crippen molar-refractivity contribution in [2.24, 2.45) is 10.9 Å². The third-order valence-electron chi connectivity index (χ3n) is 6.19. The highest BCUT2D eigenvalue weighted by molar-refractivity contribution is 6.04. The summed E-state index contributed by atoms with van der Waals surface area (Å²) in [4.78, 5) is 7.78. The van der Waals surface area contributed by atoms with Crippen LogP contribution in [0, 0.1) is 5.92 Å². The molecule has 102 valence electrons. The number of aliphatic imine (C=N–C) groups is 1. The summed E-state index contributed by atoms with van der Waals surface area (Å²) < 4.78 is 0. The van der Waals surface area contributed by atoms with Crippen LogP contribution in [-0.2, 0) is 5.41 Å². The summed E-state index contributed by atoms with van der Waals surface area (Å²) in [6.45, 7) is 4.64. The molecule has 0 amide bonds. The Bertz CT molecular complexity index is 657. The predicted octanol–water partition coefficient (Wildman–Crippen LogP) is 3.45. The maximum atomic E-state index is 5.06. The average molecular weight is 264 g/mol. The Morgan fingerprint density at radius 2 is 2.25 bits per heavy atom. The molecule has 1 spiro atoms. The lowest BCUT2D eigenvalue weighted by molar-refractivity contribution is 0.163. The van der Waals surface area contributed by atoms with Crippen LogP contribution in [0.3, 0.4) is 0 Å². The zero-order valence-corrected chi connectivity index (χ0v) is 12.0. The van der Waals surface area contributed by atoms with Gasteiger partial charge in [-0.2, -0.15) is 0 Å². The average Bonchev–Trinajstić information content (AvgIpc) is 3.02. The fourth-order valence-corrected chi connectivity index (χ4v) is 5.28. The van der Waals surface area contributed by atoms with E-state index < -0.39 is 0 Å². The van der Waals surface area contributed by atoms with Gasteiger partial charge in [-0.3, -0.25) is 9.89 Å². The van der Waals surface area contributed by atoms with E-state index in [4.69, 9.17) is 4.99 Å². The van der Waals surface area contributed by atoms with Gasteiger partial charge in [-0.1, -0.05) is 29.8 Å².